The number of aromatic nitrogens is 1. The van der Waals surface area contributed by atoms with E-state index in [-0.39, 0.29) is 0 Å². The third kappa shape index (κ3) is 1.73. The summed E-state index contributed by atoms with van der Waals surface area (Å²) in [5.74, 6) is 0. The van der Waals surface area contributed by atoms with E-state index >= 15 is 0 Å². The Hall–Kier alpha value is -2.58. The molecular weight excluding hydrogens is 298 g/mol. The maximum absolute atomic E-state index is 2.43. The van der Waals surface area contributed by atoms with Gasteiger partial charge in [-0.15, -0.1) is 0 Å². The average Bonchev–Trinajstić information content (AvgIpc) is 3.22. The molecule has 0 N–H and O–H groups in total. The molecule has 2 heteroatoms. The summed E-state index contributed by atoms with van der Waals surface area (Å²) in [7, 11) is 0. The Kier molecular flexibility index (Phi) is 2.64. The van der Waals surface area contributed by atoms with E-state index < -0.39 is 0 Å². The van der Waals surface area contributed by atoms with Gasteiger partial charge >= 0.3 is 0 Å². The average molecular weight is 313 g/mol. The molecule has 2 aromatic carbocycles. The van der Waals surface area contributed by atoms with Gasteiger partial charge in [0.25, 0.3) is 0 Å². The van der Waals surface area contributed by atoms with Gasteiger partial charge in [-0.3, -0.25) is 0 Å². The predicted molar refractivity (Wildman–Crippen MR) is 100 cm³/mol. The highest BCUT2D eigenvalue weighted by Crippen LogP contribution is 2.36. The van der Waals surface area contributed by atoms with Crippen LogP contribution in [0.1, 0.15) is 5.56 Å². The minimum Gasteiger partial charge on any atom is -0.308 e. The number of benzene rings is 2. The highest BCUT2D eigenvalue weighted by atomic mass is 32.1. The third-order valence-electron chi connectivity index (χ3n) is 4.69. The largest absolute Gasteiger partial charge is 0.308 e. The Balaban J connectivity index is 2.13. The fraction of sp³-hybridized carbons (Fsp3) is 0.0476. The van der Waals surface area contributed by atoms with Crippen LogP contribution in [0.4, 0.5) is 0 Å². The highest BCUT2D eigenvalue weighted by Gasteiger charge is 2.15. The van der Waals surface area contributed by atoms with Gasteiger partial charge in [-0.25, -0.2) is 0 Å². The van der Waals surface area contributed by atoms with Gasteiger partial charge < -0.3 is 4.40 Å². The van der Waals surface area contributed by atoms with Crippen LogP contribution in [-0.2, 0) is 0 Å². The molecule has 0 aliphatic carbocycles. The Bertz CT molecular complexity index is 1160. The standard InChI is InChI=1S/C21H15NS/c1-14-17-7-4-5-9-19(17)22-20(16-10-11-23-13-16)12-15-6-2-3-8-18(15)21(14)22/h2-13H,1H3. The van der Waals surface area contributed by atoms with Crippen LogP contribution in [0.3, 0.4) is 0 Å². The van der Waals surface area contributed by atoms with Crippen LogP contribution in [0.25, 0.3) is 38.4 Å². The minimum absolute atomic E-state index is 1.27. The zero-order valence-corrected chi connectivity index (χ0v) is 13.6. The van der Waals surface area contributed by atoms with Crippen LogP contribution in [0, 0.1) is 6.92 Å². The number of hydrogen-bond donors (Lipinski definition) is 0. The van der Waals surface area contributed by atoms with Crippen molar-refractivity contribution in [3.05, 3.63) is 77.0 Å². The second-order valence-electron chi connectivity index (χ2n) is 5.96. The molecule has 3 aromatic heterocycles. The molecule has 0 aliphatic rings. The lowest BCUT2D eigenvalue weighted by Gasteiger charge is -2.10. The number of fused-ring (bicyclic) bond motifs is 5. The van der Waals surface area contributed by atoms with Crippen molar-refractivity contribution in [1.29, 1.82) is 0 Å². The van der Waals surface area contributed by atoms with Crippen LogP contribution < -0.4 is 0 Å². The zero-order valence-electron chi connectivity index (χ0n) is 12.8. The van der Waals surface area contributed by atoms with E-state index in [2.05, 4.69) is 82.7 Å². The Labute approximate surface area is 138 Å². The van der Waals surface area contributed by atoms with E-state index in [9.17, 15) is 0 Å². The lowest BCUT2D eigenvalue weighted by molar-refractivity contribution is 1.27. The summed E-state index contributed by atoms with van der Waals surface area (Å²) < 4.78 is 2.43. The molecule has 0 saturated carbocycles. The van der Waals surface area contributed by atoms with Gasteiger partial charge in [0.1, 0.15) is 0 Å². The first-order chi connectivity index (χ1) is 11.3. The van der Waals surface area contributed by atoms with Gasteiger partial charge in [-0.1, -0.05) is 42.5 Å². The molecule has 0 atom stereocenters. The van der Waals surface area contributed by atoms with E-state index in [0.717, 1.165) is 0 Å². The van der Waals surface area contributed by atoms with Gasteiger partial charge in [0.15, 0.2) is 0 Å². The molecule has 5 aromatic rings. The molecular formula is C21H15NS. The number of aryl methyl sites for hydroxylation is 1. The maximum Gasteiger partial charge on any atom is 0.0576 e. The van der Waals surface area contributed by atoms with Crippen molar-refractivity contribution in [2.45, 2.75) is 6.92 Å². The molecule has 0 radical (unpaired) electrons. The number of nitrogens with zero attached hydrogens (tertiary/aromatic N) is 1. The normalized spacial score (nSPS) is 11.7. The molecule has 0 spiro atoms. The van der Waals surface area contributed by atoms with Crippen LogP contribution in [0.5, 0.6) is 0 Å². The molecule has 23 heavy (non-hydrogen) atoms. The number of hydrogen-bond acceptors (Lipinski definition) is 1. The first-order valence-electron chi connectivity index (χ1n) is 7.78. The summed E-state index contributed by atoms with van der Waals surface area (Å²) in [6.45, 7) is 2.24. The first kappa shape index (κ1) is 12.9. The van der Waals surface area contributed by atoms with E-state index in [1.165, 1.54) is 44.0 Å². The summed E-state index contributed by atoms with van der Waals surface area (Å²) in [4.78, 5) is 0. The zero-order chi connectivity index (χ0) is 15.4. The molecule has 0 amide bonds. The van der Waals surface area contributed by atoms with Gasteiger partial charge in [0, 0.05) is 21.7 Å². The Morgan fingerprint density at radius 2 is 1.65 bits per heavy atom. The van der Waals surface area contributed by atoms with E-state index in [1.54, 1.807) is 11.3 Å². The molecule has 1 nitrogen and oxygen atoms in total. The first-order valence-corrected chi connectivity index (χ1v) is 8.73. The number of thiophene rings is 1. The second-order valence-corrected chi connectivity index (χ2v) is 6.74. The van der Waals surface area contributed by atoms with Gasteiger partial charge in [0.05, 0.1) is 16.7 Å². The van der Waals surface area contributed by atoms with Crippen LogP contribution in [0.15, 0.2) is 71.4 Å². The van der Waals surface area contributed by atoms with Crippen LogP contribution >= 0.6 is 11.3 Å². The molecule has 0 unspecified atom stereocenters. The van der Waals surface area contributed by atoms with Gasteiger partial charge in [0.2, 0.25) is 0 Å². The van der Waals surface area contributed by atoms with Crippen molar-refractivity contribution >= 4 is 38.5 Å². The van der Waals surface area contributed by atoms with Crippen molar-refractivity contribution in [1.82, 2.24) is 4.40 Å². The Morgan fingerprint density at radius 1 is 0.870 bits per heavy atom. The number of pyridine rings is 1. The van der Waals surface area contributed by atoms with E-state index in [0.29, 0.717) is 0 Å². The Morgan fingerprint density at radius 3 is 2.48 bits per heavy atom. The highest BCUT2D eigenvalue weighted by molar-refractivity contribution is 7.08. The van der Waals surface area contributed by atoms with E-state index in [1.807, 2.05) is 0 Å². The summed E-state index contributed by atoms with van der Waals surface area (Å²) in [5.41, 5.74) is 6.52. The molecule has 0 saturated heterocycles. The summed E-state index contributed by atoms with van der Waals surface area (Å²) in [6.07, 6.45) is 0. The fourth-order valence-corrected chi connectivity index (χ4v) is 4.30. The minimum atomic E-state index is 1.27. The quantitative estimate of drug-likeness (QED) is 0.343. The van der Waals surface area contributed by atoms with Crippen molar-refractivity contribution in [3.8, 4) is 11.3 Å². The molecule has 5 rings (SSSR count). The smallest absolute Gasteiger partial charge is 0.0576 e. The predicted octanol–water partition coefficient (Wildman–Crippen LogP) is 6.28. The molecule has 0 aliphatic heterocycles. The lowest BCUT2D eigenvalue weighted by Crippen LogP contribution is -1.92. The molecule has 0 bridgehead atoms. The number of para-hydroxylation sites is 1. The summed E-state index contributed by atoms with van der Waals surface area (Å²) in [5, 5.41) is 8.33. The van der Waals surface area contributed by atoms with Crippen molar-refractivity contribution in [2.24, 2.45) is 0 Å². The lowest BCUT2D eigenvalue weighted by atomic mass is 10.1. The second kappa shape index (κ2) is 4.71. The van der Waals surface area contributed by atoms with Crippen molar-refractivity contribution in [3.63, 3.8) is 0 Å². The number of rotatable bonds is 1. The van der Waals surface area contributed by atoms with E-state index in [4.69, 9.17) is 0 Å². The van der Waals surface area contributed by atoms with Crippen LogP contribution in [0.2, 0.25) is 0 Å². The topological polar surface area (TPSA) is 4.41 Å². The van der Waals surface area contributed by atoms with Crippen molar-refractivity contribution < 1.29 is 0 Å². The fourth-order valence-electron chi connectivity index (χ4n) is 3.65. The molecule has 3 heterocycles. The van der Waals surface area contributed by atoms with Crippen LogP contribution in [-0.4, -0.2) is 4.40 Å². The van der Waals surface area contributed by atoms with Crippen molar-refractivity contribution in [2.75, 3.05) is 0 Å². The molecule has 110 valence electrons. The third-order valence-corrected chi connectivity index (χ3v) is 5.38. The SMILES string of the molecule is Cc1c2ccccc2n2c(-c3ccsc3)cc3ccccc3c12. The summed E-state index contributed by atoms with van der Waals surface area (Å²) >= 11 is 1.75. The monoisotopic (exact) mass is 313 g/mol. The summed E-state index contributed by atoms with van der Waals surface area (Å²) in [6, 6.07) is 21.9. The van der Waals surface area contributed by atoms with Gasteiger partial charge in [-0.05, 0) is 41.5 Å². The van der Waals surface area contributed by atoms with Gasteiger partial charge in [-0.2, -0.15) is 11.3 Å². The molecule has 0 fully saturated rings. The maximum atomic E-state index is 2.43.